The highest BCUT2D eigenvalue weighted by molar-refractivity contribution is 7.11. The van der Waals surface area contributed by atoms with Crippen molar-refractivity contribution in [3.8, 4) is 16.6 Å². The van der Waals surface area contributed by atoms with Gasteiger partial charge in [-0.15, -0.1) is 0 Å². The lowest BCUT2D eigenvalue weighted by Crippen LogP contribution is -2.48. The second-order valence-electron chi connectivity index (χ2n) is 7.26. The van der Waals surface area contributed by atoms with Gasteiger partial charge in [0, 0.05) is 60.4 Å². The van der Waals surface area contributed by atoms with Crippen LogP contribution in [0.25, 0.3) is 11.4 Å². The van der Waals surface area contributed by atoms with E-state index < -0.39 is 13.1 Å². The van der Waals surface area contributed by atoms with E-state index in [1.807, 2.05) is 24.3 Å². The SMILES string of the molecule is [2H]C([2H])([2H])NC(=O)Oc1nc(-c2cc(C(=O)N3CCN(Cc4ccc(Cl)cc4)CC3)c(Cl)cn2)cs1. The van der Waals surface area contributed by atoms with Gasteiger partial charge in [-0.1, -0.05) is 46.7 Å². The van der Waals surface area contributed by atoms with Gasteiger partial charge in [-0.25, -0.2) is 9.78 Å². The van der Waals surface area contributed by atoms with E-state index in [2.05, 4.69) is 14.9 Å². The summed E-state index contributed by atoms with van der Waals surface area (Å²) >= 11 is 13.2. The summed E-state index contributed by atoms with van der Waals surface area (Å²) in [6, 6.07) is 9.26. The molecule has 2 amide bonds. The Kier molecular flexibility index (Phi) is 6.26. The van der Waals surface area contributed by atoms with Crippen molar-refractivity contribution in [3.63, 3.8) is 0 Å². The van der Waals surface area contributed by atoms with Crippen molar-refractivity contribution in [1.29, 1.82) is 0 Å². The maximum atomic E-state index is 13.2. The lowest BCUT2D eigenvalue weighted by atomic mass is 10.1. The van der Waals surface area contributed by atoms with Gasteiger partial charge >= 0.3 is 6.09 Å². The summed E-state index contributed by atoms with van der Waals surface area (Å²) < 4.78 is 26.0. The van der Waals surface area contributed by atoms with Crippen LogP contribution >= 0.6 is 34.5 Å². The maximum Gasteiger partial charge on any atom is 0.414 e. The molecule has 0 saturated carbocycles. The molecule has 33 heavy (non-hydrogen) atoms. The standard InChI is InChI=1S/C22H21Cl2N5O3S/c1-25-21(31)32-22-27-19(13-33-22)18-10-16(17(24)11-26-18)20(30)29-8-6-28(7-9-29)12-14-2-4-15(23)5-3-14/h2-5,10-11,13H,6-9,12H2,1H3,(H,25,31)/i1D3. The second kappa shape index (κ2) is 10.5. The molecule has 1 N–H and O–H groups in total. The van der Waals surface area contributed by atoms with Crippen molar-refractivity contribution in [2.24, 2.45) is 0 Å². The van der Waals surface area contributed by atoms with E-state index in [-0.39, 0.29) is 16.1 Å². The monoisotopic (exact) mass is 508 g/mol. The normalized spacial score (nSPS) is 15.9. The minimum atomic E-state index is -2.68. The zero-order chi connectivity index (χ0) is 25.9. The molecule has 3 aromatic rings. The van der Waals surface area contributed by atoms with Crippen LogP contribution in [0.4, 0.5) is 4.79 Å². The molecule has 2 aromatic heterocycles. The molecule has 1 aliphatic heterocycles. The van der Waals surface area contributed by atoms with Crippen molar-refractivity contribution in [2.75, 3.05) is 33.2 Å². The quantitative estimate of drug-likeness (QED) is 0.555. The van der Waals surface area contributed by atoms with Gasteiger partial charge in [0.2, 0.25) is 0 Å². The number of thiazole rings is 1. The third kappa shape index (κ3) is 5.80. The summed E-state index contributed by atoms with van der Waals surface area (Å²) in [5.41, 5.74) is 2.17. The number of hydrogen-bond donors (Lipinski definition) is 1. The Morgan fingerprint density at radius 1 is 1.18 bits per heavy atom. The molecule has 0 radical (unpaired) electrons. The summed E-state index contributed by atoms with van der Waals surface area (Å²) in [5.74, 6) is -0.210. The number of piperazine rings is 1. The number of rotatable bonds is 5. The molecule has 0 aliphatic carbocycles. The lowest BCUT2D eigenvalue weighted by molar-refractivity contribution is 0.0628. The van der Waals surface area contributed by atoms with Crippen LogP contribution in [-0.2, 0) is 6.54 Å². The van der Waals surface area contributed by atoms with Crippen molar-refractivity contribution in [3.05, 3.63) is 63.1 Å². The van der Waals surface area contributed by atoms with Crippen LogP contribution in [-0.4, -0.2) is 64.9 Å². The predicted octanol–water partition coefficient (Wildman–Crippen LogP) is 4.19. The summed E-state index contributed by atoms with van der Waals surface area (Å²) in [6.07, 6.45) is 0.230. The molecule has 0 atom stereocenters. The fourth-order valence-corrected chi connectivity index (χ4v) is 4.37. The number of ether oxygens (including phenoxy) is 1. The van der Waals surface area contributed by atoms with E-state index >= 15 is 0 Å². The van der Waals surface area contributed by atoms with Crippen LogP contribution in [0.1, 0.15) is 20.0 Å². The topological polar surface area (TPSA) is 87.7 Å². The number of aromatic nitrogens is 2. The fraction of sp³-hybridized carbons (Fsp3) is 0.273. The average Bonchev–Trinajstić information content (AvgIpc) is 3.28. The number of hydrogen-bond acceptors (Lipinski definition) is 7. The summed E-state index contributed by atoms with van der Waals surface area (Å²) in [7, 11) is 0. The molecule has 3 heterocycles. The number of nitrogens with zero attached hydrogens (tertiary/aromatic N) is 4. The maximum absolute atomic E-state index is 13.2. The first-order valence-electron chi connectivity index (χ1n) is 11.4. The molecule has 0 spiro atoms. The van der Waals surface area contributed by atoms with E-state index in [4.69, 9.17) is 32.1 Å². The van der Waals surface area contributed by atoms with Gasteiger partial charge < -0.3 is 15.0 Å². The Hall–Kier alpha value is -2.72. The van der Waals surface area contributed by atoms with Crippen molar-refractivity contribution < 1.29 is 18.4 Å². The van der Waals surface area contributed by atoms with Crippen molar-refractivity contribution in [1.82, 2.24) is 25.1 Å². The van der Waals surface area contributed by atoms with E-state index in [1.165, 1.54) is 6.20 Å². The van der Waals surface area contributed by atoms with Crippen LogP contribution in [0.2, 0.25) is 10.0 Å². The van der Waals surface area contributed by atoms with Crippen LogP contribution < -0.4 is 10.1 Å². The third-order valence-electron chi connectivity index (χ3n) is 5.09. The number of amides is 2. The van der Waals surface area contributed by atoms with E-state index in [1.54, 1.807) is 21.7 Å². The lowest BCUT2D eigenvalue weighted by Gasteiger charge is -2.35. The first-order valence-corrected chi connectivity index (χ1v) is 11.6. The predicted molar refractivity (Wildman–Crippen MR) is 128 cm³/mol. The largest absolute Gasteiger partial charge is 0.414 e. The molecule has 1 aromatic carbocycles. The Bertz CT molecular complexity index is 1250. The number of carbonyl (C=O) groups is 2. The first-order chi connectivity index (χ1) is 17.1. The Morgan fingerprint density at radius 2 is 1.94 bits per heavy atom. The van der Waals surface area contributed by atoms with Gasteiger partial charge in [0.25, 0.3) is 11.1 Å². The Morgan fingerprint density at radius 3 is 2.67 bits per heavy atom. The van der Waals surface area contributed by atoms with Gasteiger partial charge in [-0.2, -0.15) is 0 Å². The van der Waals surface area contributed by atoms with Crippen molar-refractivity contribution >= 4 is 46.5 Å². The van der Waals surface area contributed by atoms with Gasteiger partial charge in [0.1, 0.15) is 5.69 Å². The fourth-order valence-electron chi connectivity index (χ4n) is 3.40. The highest BCUT2D eigenvalue weighted by Crippen LogP contribution is 2.28. The molecule has 172 valence electrons. The minimum Gasteiger partial charge on any atom is -0.381 e. The van der Waals surface area contributed by atoms with E-state index in [9.17, 15) is 9.59 Å². The first kappa shape index (κ1) is 19.7. The van der Waals surface area contributed by atoms with Crippen LogP contribution in [0, 0.1) is 0 Å². The number of nitrogens with one attached hydrogen (secondary N) is 1. The molecule has 1 saturated heterocycles. The number of pyridine rings is 1. The molecule has 0 unspecified atom stereocenters. The van der Waals surface area contributed by atoms with E-state index in [0.717, 1.165) is 36.5 Å². The smallest absolute Gasteiger partial charge is 0.381 e. The molecular weight excluding hydrogens is 485 g/mol. The molecule has 0 bridgehead atoms. The number of halogens is 2. The van der Waals surface area contributed by atoms with Gasteiger partial charge in [-0.3, -0.25) is 14.7 Å². The van der Waals surface area contributed by atoms with Gasteiger partial charge in [0.05, 0.1) is 16.3 Å². The molecule has 8 nitrogen and oxygen atoms in total. The van der Waals surface area contributed by atoms with Gasteiger partial charge in [-0.05, 0) is 23.8 Å². The zero-order valence-corrected chi connectivity index (χ0v) is 19.6. The summed E-state index contributed by atoms with van der Waals surface area (Å²) in [4.78, 5) is 37.3. The van der Waals surface area contributed by atoms with Crippen LogP contribution in [0.15, 0.2) is 41.9 Å². The average molecular weight is 509 g/mol. The minimum absolute atomic E-state index is 0.0619. The third-order valence-corrected chi connectivity index (χ3v) is 6.36. The molecule has 11 heteroatoms. The number of carbonyl (C=O) groups excluding carboxylic acids is 2. The van der Waals surface area contributed by atoms with Gasteiger partial charge in [0.15, 0.2) is 0 Å². The van der Waals surface area contributed by atoms with Crippen LogP contribution in [0.5, 0.6) is 5.19 Å². The molecule has 1 fully saturated rings. The Labute approximate surface area is 209 Å². The second-order valence-corrected chi connectivity index (χ2v) is 8.92. The van der Waals surface area contributed by atoms with Crippen molar-refractivity contribution in [2.45, 2.75) is 6.54 Å². The highest BCUT2D eigenvalue weighted by Gasteiger charge is 2.25. The van der Waals surface area contributed by atoms with E-state index in [0.29, 0.717) is 35.1 Å². The number of benzene rings is 1. The zero-order valence-electron chi connectivity index (χ0n) is 20.3. The molecule has 4 rings (SSSR count). The molecule has 1 aliphatic rings. The summed E-state index contributed by atoms with van der Waals surface area (Å²) in [5, 5.41) is 4.15. The highest BCUT2D eigenvalue weighted by atomic mass is 35.5. The molecular formula is C22H21Cl2N5O3S. The van der Waals surface area contributed by atoms with Crippen LogP contribution in [0.3, 0.4) is 0 Å². The Balaban J connectivity index is 1.39. The summed E-state index contributed by atoms with van der Waals surface area (Å²) in [6.45, 7) is 0.634.